The van der Waals surface area contributed by atoms with E-state index in [4.69, 9.17) is 4.74 Å². The van der Waals surface area contributed by atoms with E-state index in [0.29, 0.717) is 6.04 Å². The van der Waals surface area contributed by atoms with Gasteiger partial charge in [0.1, 0.15) is 0 Å². The Morgan fingerprint density at radius 3 is 2.65 bits per heavy atom. The van der Waals surface area contributed by atoms with Gasteiger partial charge in [-0.05, 0) is 49.8 Å². The molecule has 17 heavy (non-hydrogen) atoms. The molecule has 0 radical (unpaired) electrons. The summed E-state index contributed by atoms with van der Waals surface area (Å²) in [5.74, 6) is 0. The average Bonchev–Trinajstić information content (AvgIpc) is 2.85. The van der Waals surface area contributed by atoms with Gasteiger partial charge in [0.25, 0.3) is 0 Å². The van der Waals surface area contributed by atoms with Crippen LogP contribution in [0.2, 0.25) is 0 Å². The predicted octanol–water partition coefficient (Wildman–Crippen LogP) is 2.56. The zero-order valence-electron chi connectivity index (χ0n) is 10.7. The van der Waals surface area contributed by atoms with E-state index in [-0.39, 0.29) is 0 Å². The van der Waals surface area contributed by atoms with E-state index < -0.39 is 0 Å². The van der Waals surface area contributed by atoms with Gasteiger partial charge in [-0.15, -0.1) is 0 Å². The van der Waals surface area contributed by atoms with Crippen LogP contribution in [0.4, 0.5) is 0 Å². The quantitative estimate of drug-likeness (QED) is 0.762. The van der Waals surface area contributed by atoms with E-state index in [9.17, 15) is 0 Å². The SMILES string of the molecule is COCCCc1ccc(CC2CCCN2)cc1. The molecule has 0 spiro atoms. The van der Waals surface area contributed by atoms with Crippen molar-refractivity contribution in [2.75, 3.05) is 20.3 Å². The van der Waals surface area contributed by atoms with E-state index in [2.05, 4.69) is 29.6 Å². The Morgan fingerprint density at radius 2 is 2.00 bits per heavy atom. The number of methoxy groups -OCH3 is 1. The molecule has 2 nitrogen and oxygen atoms in total. The molecule has 0 bridgehead atoms. The fourth-order valence-corrected chi connectivity index (χ4v) is 2.48. The first-order valence-electron chi connectivity index (χ1n) is 6.68. The third kappa shape index (κ3) is 4.14. The molecule has 2 heteroatoms. The first-order valence-corrected chi connectivity index (χ1v) is 6.68. The fraction of sp³-hybridized carbons (Fsp3) is 0.600. The Bertz CT molecular complexity index is 314. The summed E-state index contributed by atoms with van der Waals surface area (Å²) >= 11 is 0. The number of aryl methyl sites for hydroxylation is 1. The Kier molecular flexibility index (Phi) is 5.02. The summed E-state index contributed by atoms with van der Waals surface area (Å²) in [5.41, 5.74) is 2.88. The van der Waals surface area contributed by atoms with Crippen LogP contribution in [-0.2, 0) is 17.6 Å². The highest BCUT2D eigenvalue weighted by atomic mass is 16.5. The number of ether oxygens (including phenoxy) is 1. The molecular formula is C15H23NO. The standard InChI is InChI=1S/C15H23NO/c1-17-11-3-4-13-6-8-14(9-7-13)12-15-5-2-10-16-15/h6-9,15-16H,2-5,10-12H2,1H3. The normalized spacial score (nSPS) is 19.7. The summed E-state index contributed by atoms with van der Waals surface area (Å²) in [6.07, 6.45) is 6.07. The first kappa shape index (κ1) is 12.6. The molecule has 1 saturated heterocycles. The largest absolute Gasteiger partial charge is 0.385 e. The number of nitrogens with one attached hydrogen (secondary N) is 1. The first-order chi connectivity index (χ1) is 8.38. The van der Waals surface area contributed by atoms with E-state index in [1.165, 1.54) is 36.9 Å². The molecular weight excluding hydrogens is 210 g/mol. The van der Waals surface area contributed by atoms with Gasteiger partial charge in [-0.25, -0.2) is 0 Å². The smallest absolute Gasteiger partial charge is 0.0465 e. The molecule has 1 aromatic carbocycles. The molecule has 1 atom stereocenters. The Labute approximate surface area is 104 Å². The summed E-state index contributed by atoms with van der Waals surface area (Å²) in [5, 5.41) is 3.55. The van der Waals surface area contributed by atoms with Gasteiger partial charge >= 0.3 is 0 Å². The van der Waals surface area contributed by atoms with Crippen molar-refractivity contribution in [2.45, 2.75) is 38.1 Å². The second-order valence-electron chi connectivity index (χ2n) is 4.91. The zero-order valence-corrected chi connectivity index (χ0v) is 10.7. The lowest BCUT2D eigenvalue weighted by Crippen LogP contribution is -2.23. The zero-order chi connectivity index (χ0) is 11.9. The molecule has 1 N–H and O–H groups in total. The third-order valence-corrected chi connectivity index (χ3v) is 3.48. The summed E-state index contributed by atoms with van der Waals surface area (Å²) < 4.78 is 5.07. The van der Waals surface area contributed by atoms with Gasteiger partial charge in [0, 0.05) is 19.8 Å². The summed E-state index contributed by atoms with van der Waals surface area (Å²) in [6.45, 7) is 2.05. The average molecular weight is 233 g/mol. The van der Waals surface area contributed by atoms with Crippen molar-refractivity contribution in [3.05, 3.63) is 35.4 Å². The molecule has 0 amide bonds. The van der Waals surface area contributed by atoms with E-state index in [0.717, 1.165) is 19.4 Å². The van der Waals surface area contributed by atoms with Gasteiger partial charge in [0.15, 0.2) is 0 Å². The summed E-state index contributed by atoms with van der Waals surface area (Å²) in [6, 6.07) is 9.79. The van der Waals surface area contributed by atoms with Crippen LogP contribution in [0.5, 0.6) is 0 Å². The third-order valence-electron chi connectivity index (χ3n) is 3.48. The lowest BCUT2D eigenvalue weighted by atomic mass is 10.0. The second kappa shape index (κ2) is 6.77. The van der Waals surface area contributed by atoms with Crippen LogP contribution in [0.25, 0.3) is 0 Å². The van der Waals surface area contributed by atoms with Crippen LogP contribution >= 0.6 is 0 Å². The van der Waals surface area contributed by atoms with Crippen LogP contribution in [0, 0.1) is 0 Å². The van der Waals surface area contributed by atoms with Crippen LogP contribution < -0.4 is 5.32 Å². The molecule has 1 heterocycles. The van der Waals surface area contributed by atoms with Crippen molar-refractivity contribution in [3.63, 3.8) is 0 Å². The minimum atomic E-state index is 0.703. The van der Waals surface area contributed by atoms with Crippen LogP contribution in [0.3, 0.4) is 0 Å². The van der Waals surface area contributed by atoms with Crippen molar-refractivity contribution < 1.29 is 4.74 Å². The van der Waals surface area contributed by atoms with Gasteiger partial charge < -0.3 is 10.1 Å². The van der Waals surface area contributed by atoms with Gasteiger partial charge in [-0.3, -0.25) is 0 Å². The molecule has 0 saturated carbocycles. The molecule has 1 unspecified atom stereocenters. The highest BCUT2D eigenvalue weighted by Gasteiger charge is 2.13. The van der Waals surface area contributed by atoms with Crippen molar-refractivity contribution in [1.29, 1.82) is 0 Å². The molecule has 94 valence electrons. The maximum Gasteiger partial charge on any atom is 0.0465 e. The Balaban J connectivity index is 1.80. The van der Waals surface area contributed by atoms with Crippen LogP contribution in [0.15, 0.2) is 24.3 Å². The monoisotopic (exact) mass is 233 g/mol. The topological polar surface area (TPSA) is 21.3 Å². The highest BCUT2D eigenvalue weighted by molar-refractivity contribution is 5.23. The summed E-state index contributed by atoms with van der Waals surface area (Å²) in [4.78, 5) is 0. The van der Waals surface area contributed by atoms with Crippen molar-refractivity contribution in [1.82, 2.24) is 5.32 Å². The highest BCUT2D eigenvalue weighted by Crippen LogP contribution is 2.13. The Hall–Kier alpha value is -0.860. The lowest BCUT2D eigenvalue weighted by molar-refractivity contribution is 0.195. The maximum absolute atomic E-state index is 5.07. The van der Waals surface area contributed by atoms with E-state index >= 15 is 0 Å². The van der Waals surface area contributed by atoms with Crippen molar-refractivity contribution in [3.8, 4) is 0 Å². The molecule has 0 aromatic heterocycles. The molecule has 1 aliphatic rings. The number of rotatable bonds is 6. The molecule has 1 aromatic rings. The minimum Gasteiger partial charge on any atom is -0.385 e. The number of benzene rings is 1. The van der Waals surface area contributed by atoms with Crippen LogP contribution in [0.1, 0.15) is 30.4 Å². The predicted molar refractivity (Wildman–Crippen MR) is 71.4 cm³/mol. The van der Waals surface area contributed by atoms with Gasteiger partial charge in [0.2, 0.25) is 0 Å². The Morgan fingerprint density at radius 1 is 1.24 bits per heavy atom. The molecule has 0 aliphatic carbocycles. The number of hydrogen-bond acceptors (Lipinski definition) is 2. The van der Waals surface area contributed by atoms with E-state index in [1.54, 1.807) is 7.11 Å². The van der Waals surface area contributed by atoms with Gasteiger partial charge in [0.05, 0.1) is 0 Å². The van der Waals surface area contributed by atoms with Crippen molar-refractivity contribution in [2.24, 2.45) is 0 Å². The van der Waals surface area contributed by atoms with E-state index in [1.807, 2.05) is 0 Å². The minimum absolute atomic E-state index is 0.703. The van der Waals surface area contributed by atoms with Gasteiger partial charge in [-0.2, -0.15) is 0 Å². The molecule has 1 aliphatic heterocycles. The van der Waals surface area contributed by atoms with Gasteiger partial charge in [-0.1, -0.05) is 24.3 Å². The second-order valence-corrected chi connectivity index (χ2v) is 4.91. The fourth-order valence-electron chi connectivity index (χ4n) is 2.48. The number of hydrogen-bond donors (Lipinski definition) is 1. The molecule has 2 rings (SSSR count). The maximum atomic E-state index is 5.07. The lowest BCUT2D eigenvalue weighted by Gasteiger charge is -2.10. The van der Waals surface area contributed by atoms with Crippen LogP contribution in [-0.4, -0.2) is 26.3 Å². The van der Waals surface area contributed by atoms with Crippen molar-refractivity contribution >= 4 is 0 Å². The summed E-state index contributed by atoms with van der Waals surface area (Å²) in [7, 11) is 1.76. The molecule has 1 fully saturated rings.